The van der Waals surface area contributed by atoms with E-state index in [9.17, 15) is 4.79 Å². The topological polar surface area (TPSA) is 89.4 Å². The van der Waals surface area contributed by atoms with Crippen LogP contribution in [0.2, 0.25) is 0 Å². The SMILES string of the molecule is Cc1cc(C(C)(C)C(N)C(=O)O)no1. The number of carboxylic acids is 1. The molecule has 0 spiro atoms. The molecule has 1 atom stereocenters. The lowest BCUT2D eigenvalue weighted by molar-refractivity contribution is -0.140. The lowest BCUT2D eigenvalue weighted by atomic mass is 9.81. The number of carbonyl (C=O) groups is 1. The number of rotatable bonds is 3. The van der Waals surface area contributed by atoms with Gasteiger partial charge < -0.3 is 15.4 Å². The molecule has 1 rings (SSSR count). The Hall–Kier alpha value is -1.36. The number of carboxylic acid groups (broad SMARTS) is 1. The monoisotopic (exact) mass is 198 g/mol. The summed E-state index contributed by atoms with van der Waals surface area (Å²) in [7, 11) is 0. The van der Waals surface area contributed by atoms with Gasteiger partial charge in [-0.05, 0) is 6.92 Å². The van der Waals surface area contributed by atoms with Crippen LogP contribution in [0.25, 0.3) is 0 Å². The molecule has 1 aromatic heterocycles. The predicted octanol–water partition coefficient (Wildman–Crippen LogP) is 0.673. The van der Waals surface area contributed by atoms with E-state index >= 15 is 0 Å². The van der Waals surface area contributed by atoms with Crippen LogP contribution < -0.4 is 5.73 Å². The van der Waals surface area contributed by atoms with Crippen LogP contribution in [0.1, 0.15) is 25.3 Å². The number of hydrogen-bond donors (Lipinski definition) is 2. The second kappa shape index (κ2) is 3.42. The van der Waals surface area contributed by atoms with Gasteiger partial charge in [-0.25, -0.2) is 0 Å². The fraction of sp³-hybridized carbons (Fsp3) is 0.556. The number of nitrogens with zero attached hydrogens (tertiary/aromatic N) is 1. The van der Waals surface area contributed by atoms with Crippen LogP contribution in [-0.4, -0.2) is 22.3 Å². The third-order valence-electron chi connectivity index (χ3n) is 2.33. The van der Waals surface area contributed by atoms with Gasteiger partial charge >= 0.3 is 5.97 Å². The molecule has 0 saturated carbocycles. The maximum Gasteiger partial charge on any atom is 0.321 e. The van der Waals surface area contributed by atoms with E-state index in [-0.39, 0.29) is 0 Å². The predicted molar refractivity (Wildman–Crippen MR) is 49.9 cm³/mol. The average Bonchev–Trinajstić information content (AvgIpc) is 2.50. The van der Waals surface area contributed by atoms with E-state index in [1.165, 1.54) is 0 Å². The maximum atomic E-state index is 10.7. The smallest absolute Gasteiger partial charge is 0.321 e. The van der Waals surface area contributed by atoms with Crippen molar-refractivity contribution in [1.82, 2.24) is 5.16 Å². The minimum atomic E-state index is -1.05. The highest BCUT2D eigenvalue weighted by atomic mass is 16.5. The number of nitrogens with two attached hydrogens (primary N) is 1. The Kier molecular flexibility index (Phi) is 2.62. The third kappa shape index (κ3) is 1.77. The molecule has 78 valence electrons. The van der Waals surface area contributed by atoms with E-state index in [4.69, 9.17) is 15.4 Å². The Balaban J connectivity index is 3.01. The van der Waals surface area contributed by atoms with Crippen LogP contribution in [0.5, 0.6) is 0 Å². The van der Waals surface area contributed by atoms with Crippen molar-refractivity contribution in [3.8, 4) is 0 Å². The largest absolute Gasteiger partial charge is 0.480 e. The number of aliphatic carboxylic acids is 1. The van der Waals surface area contributed by atoms with Crippen LogP contribution in [0.4, 0.5) is 0 Å². The summed E-state index contributed by atoms with van der Waals surface area (Å²) in [5, 5.41) is 12.6. The van der Waals surface area contributed by atoms with E-state index in [1.807, 2.05) is 0 Å². The Morgan fingerprint density at radius 2 is 2.29 bits per heavy atom. The van der Waals surface area contributed by atoms with E-state index in [2.05, 4.69) is 5.16 Å². The first-order valence-corrected chi connectivity index (χ1v) is 4.28. The van der Waals surface area contributed by atoms with Gasteiger partial charge in [0.2, 0.25) is 0 Å². The van der Waals surface area contributed by atoms with Crippen LogP contribution in [0, 0.1) is 6.92 Å². The normalized spacial score (nSPS) is 14.0. The van der Waals surface area contributed by atoms with Gasteiger partial charge in [0, 0.05) is 11.5 Å². The lowest BCUT2D eigenvalue weighted by Gasteiger charge is -2.25. The van der Waals surface area contributed by atoms with Gasteiger partial charge in [0.25, 0.3) is 0 Å². The molecule has 5 nitrogen and oxygen atoms in total. The summed E-state index contributed by atoms with van der Waals surface area (Å²) in [6.07, 6.45) is 0. The first-order chi connectivity index (χ1) is 6.35. The van der Waals surface area contributed by atoms with Crippen LogP contribution >= 0.6 is 0 Å². The molecule has 1 heterocycles. The number of aromatic nitrogens is 1. The maximum absolute atomic E-state index is 10.7. The molecule has 0 radical (unpaired) electrons. The molecule has 0 aliphatic rings. The summed E-state index contributed by atoms with van der Waals surface area (Å²) in [6.45, 7) is 5.20. The minimum absolute atomic E-state index is 0.560. The van der Waals surface area contributed by atoms with E-state index in [1.54, 1.807) is 26.8 Å². The molecule has 3 N–H and O–H groups in total. The van der Waals surface area contributed by atoms with Crippen LogP contribution in [0.15, 0.2) is 10.6 Å². The number of aryl methyl sites for hydroxylation is 1. The Morgan fingerprint density at radius 3 is 2.64 bits per heavy atom. The zero-order chi connectivity index (χ0) is 10.9. The zero-order valence-electron chi connectivity index (χ0n) is 8.44. The summed E-state index contributed by atoms with van der Waals surface area (Å²) in [5.41, 5.74) is 5.38. The molecule has 0 aliphatic carbocycles. The Morgan fingerprint density at radius 1 is 1.71 bits per heavy atom. The van der Waals surface area contributed by atoms with Crippen molar-refractivity contribution in [2.45, 2.75) is 32.2 Å². The van der Waals surface area contributed by atoms with Gasteiger partial charge in [0.05, 0.1) is 5.69 Å². The Labute approximate surface area is 81.9 Å². The van der Waals surface area contributed by atoms with Crippen molar-refractivity contribution in [2.75, 3.05) is 0 Å². The second-order valence-electron chi connectivity index (χ2n) is 3.86. The van der Waals surface area contributed by atoms with Crippen LogP contribution in [-0.2, 0) is 10.2 Å². The average molecular weight is 198 g/mol. The number of hydrogen-bond acceptors (Lipinski definition) is 4. The second-order valence-corrected chi connectivity index (χ2v) is 3.86. The summed E-state index contributed by atoms with van der Waals surface area (Å²) in [5.74, 6) is -0.402. The minimum Gasteiger partial charge on any atom is -0.480 e. The van der Waals surface area contributed by atoms with E-state index < -0.39 is 17.4 Å². The summed E-state index contributed by atoms with van der Waals surface area (Å²) in [6, 6.07) is 0.704. The first-order valence-electron chi connectivity index (χ1n) is 4.28. The molecule has 14 heavy (non-hydrogen) atoms. The fourth-order valence-corrected chi connectivity index (χ4v) is 1.14. The highest BCUT2D eigenvalue weighted by Gasteiger charge is 2.36. The van der Waals surface area contributed by atoms with Crippen molar-refractivity contribution in [2.24, 2.45) is 5.73 Å². The molecule has 0 aliphatic heterocycles. The molecule has 0 fully saturated rings. The zero-order valence-corrected chi connectivity index (χ0v) is 8.44. The van der Waals surface area contributed by atoms with Crippen molar-refractivity contribution in [3.63, 3.8) is 0 Å². The standard InChI is InChI=1S/C9H14N2O3/c1-5-4-6(11-14-5)9(2,3)7(10)8(12)13/h4,7H,10H2,1-3H3,(H,12,13). The Bertz CT molecular complexity index is 344. The highest BCUT2D eigenvalue weighted by Crippen LogP contribution is 2.25. The summed E-state index contributed by atoms with van der Waals surface area (Å²) >= 11 is 0. The van der Waals surface area contributed by atoms with Gasteiger partial charge in [0.1, 0.15) is 11.8 Å². The third-order valence-corrected chi connectivity index (χ3v) is 2.33. The fourth-order valence-electron chi connectivity index (χ4n) is 1.14. The molecule has 0 bridgehead atoms. The molecule has 5 heteroatoms. The molecular weight excluding hydrogens is 184 g/mol. The van der Waals surface area contributed by atoms with Crippen molar-refractivity contribution < 1.29 is 14.4 Å². The quantitative estimate of drug-likeness (QED) is 0.745. The van der Waals surface area contributed by atoms with Gasteiger partial charge in [0.15, 0.2) is 0 Å². The summed E-state index contributed by atoms with van der Waals surface area (Å²) < 4.78 is 4.88. The van der Waals surface area contributed by atoms with Gasteiger partial charge in [-0.1, -0.05) is 19.0 Å². The van der Waals surface area contributed by atoms with E-state index in [0.29, 0.717) is 11.5 Å². The first kappa shape index (κ1) is 10.7. The summed E-state index contributed by atoms with van der Waals surface area (Å²) in [4.78, 5) is 10.7. The molecule has 0 aromatic carbocycles. The van der Waals surface area contributed by atoms with Crippen molar-refractivity contribution in [1.29, 1.82) is 0 Å². The van der Waals surface area contributed by atoms with Gasteiger partial charge in [-0.3, -0.25) is 4.79 Å². The van der Waals surface area contributed by atoms with Crippen molar-refractivity contribution >= 4 is 5.97 Å². The molecule has 0 amide bonds. The van der Waals surface area contributed by atoms with Gasteiger partial charge in [-0.2, -0.15) is 0 Å². The highest BCUT2D eigenvalue weighted by molar-refractivity contribution is 5.75. The lowest BCUT2D eigenvalue weighted by Crippen LogP contribution is -2.47. The molecular formula is C9H14N2O3. The molecule has 1 unspecified atom stereocenters. The van der Waals surface area contributed by atoms with Crippen molar-refractivity contribution in [3.05, 3.63) is 17.5 Å². The van der Waals surface area contributed by atoms with Crippen LogP contribution in [0.3, 0.4) is 0 Å². The van der Waals surface area contributed by atoms with E-state index in [0.717, 1.165) is 0 Å². The molecule has 1 aromatic rings. The van der Waals surface area contributed by atoms with Gasteiger partial charge in [-0.15, -0.1) is 0 Å². The molecule has 0 saturated heterocycles.